The van der Waals surface area contributed by atoms with Crippen molar-refractivity contribution in [3.05, 3.63) is 59.7 Å². The quantitative estimate of drug-likeness (QED) is 0.204. The Hall–Kier alpha value is -3.08. The number of ether oxygens (including phenoxy) is 2. The number of aliphatic hydroxyl groups is 2. The van der Waals surface area contributed by atoms with Crippen LogP contribution >= 0.6 is 9.16 Å². The lowest BCUT2D eigenvalue weighted by atomic mass is 9.96. The number of aliphatic hydroxyl groups excluding tert-OH is 1. The first-order valence-electron chi connectivity index (χ1n) is 14.3. The van der Waals surface area contributed by atoms with Crippen molar-refractivity contribution >= 4 is 58.7 Å². The third kappa shape index (κ3) is 3.47. The predicted molar refractivity (Wildman–Crippen MR) is 166 cm³/mol. The fraction of sp³-hybridized carbons (Fsp3) is 0.406. The van der Waals surface area contributed by atoms with Gasteiger partial charge in [-0.3, -0.25) is 14.0 Å². The molecule has 2 aromatic heterocycles. The van der Waals surface area contributed by atoms with Crippen LogP contribution in [0.1, 0.15) is 34.8 Å². The van der Waals surface area contributed by atoms with Gasteiger partial charge < -0.3 is 33.7 Å². The van der Waals surface area contributed by atoms with E-state index in [0.29, 0.717) is 13.2 Å². The number of carbonyl (C=O) groups is 1. The molecule has 5 heterocycles. The van der Waals surface area contributed by atoms with Crippen LogP contribution < -0.4 is 0 Å². The fourth-order valence-corrected chi connectivity index (χ4v) is 8.08. The van der Waals surface area contributed by atoms with Crippen molar-refractivity contribution in [2.24, 2.45) is 0 Å². The van der Waals surface area contributed by atoms with Gasteiger partial charge >= 0.3 is 0 Å². The lowest BCUT2D eigenvalue weighted by Gasteiger charge is -2.46. The minimum absolute atomic E-state index is 0.0118. The molecule has 41 heavy (non-hydrogen) atoms. The molecule has 2 bridgehead atoms. The van der Waals surface area contributed by atoms with E-state index < -0.39 is 33.8 Å². The summed E-state index contributed by atoms with van der Waals surface area (Å²) in [5.41, 5.74) is 4.03. The van der Waals surface area contributed by atoms with Crippen LogP contribution in [-0.2, 0) is 16.0 Å². The number of hydrogen-bond acceptors (Lipinski definition) is 5. The van der Waals surface area contributed by atoms with E-state index in [1.54, 1.807) is 0 Å². The van der Waals surface area contributed by atoms with Gasteiger partial charge in [0.25, 0.3) is 5.91 Å². The molecule has 216 valence electrons. The van der Waals surface area contributed by atoms with Crippen molar-refractivity contribution in [3.8, 4) is 0 Å². The average molecular weight is 576 g/mol. The van der Waals surface area contributed by atoms with Gasteiger partial charge in [0.15, 0.2) is 6.23 Å². The largest absolute Gasteiger partial charge is 0.393 e. The Balaban J connectivity index is 1.41. The minimum Gasteiger partial charge on any atom is -0.393 e. The number of amides is 1. The van der Waals surface area contributed by atoms with Crippen molar-refractivity contribution in [3.63, 3.8) is 0 Å². The SMILES string of the molecule is C[SH](C)(C)(C)CCOCN1Cc2c(c3c4ccccc4n4c3c3c2c2ccccc2n3[C@H]2OC4C[C@]2(O)CO)C1=O. The van der Waals surface area contributed by atoms with Gasteiger partial charge in [-0.15, -0.1) is 0 Å². The van der Waals surface area contributed by atoms with Crippen molar-refractivity contribution in [2.45, 2.75) is 31.0 Å². The van der Waals surface area contributed by atoms with E-state index in [1.807, 2.05) is 35.2 Å². The molecule has 3 atom stereocenters. The number of fused-ring (bicyclic) bond motifs is 13. The van der Waals surface area contributed by atoms with E-state index in [4.69, 9.17) is 9.47 Å². The van der Waals surface area contributed by atoms with Gasteiger partial charge in [0.2, 0.25) is 0 Å². The Morgan fingerprint density at radius 1 is 0.976 bits per heavy atom. The van der Waals surface area contributed by atoms with Crippen LogP contribution in [0.5, 0.6) is 0 Å². The van der Waals surface area contributed by atoms with Gasteiger partial charge in [-0.25, -0.2) is 0 Å². The second-order valence-electron chi connectivity index (χ2n) is 14.2. The second-order valence-corrected chi connectivity index (χ2v) is 22.5. The van der Waals surface area contributed by atoms with Crippen LogP contribution in [0.4, 0.5) is 0 Å². The van der Waals surface area contributed by atoms with Gasteiger partial charge in [-0.05, 0) is 48.5 Å². The Morgan fingerprint density at radius 3 is 2.29 bits per heavy atom. The molecule has 1 saturated heterocycles. The first-order valence-corrected chi connectivity index (χ1v) is 18.5. The molecular formula is C32H37N3O5S. The molecule has 1 fully saturated rings. The third-order valence-corrected chi connectivity index (χ3v) is 11.2. The zero-order valence-corrected chi connectivity index (χ0v) is 24.8. The maximum absolute atomic E-state index is 14.3. The number of thiol groups is 1. The van der Waals surface area contributed by atoms with Crippen molar-refractivity contribution in [2.75, 3.05) is 50.7 Å². The summed E-state index contributed by atoms with van der Waals surface area (Å²) in [6.45, 7) is 0.915. The summed E-state index contributed by atoms with van der Waals surface area (Å²) in [5, 5.41) is 26.0. The van der Waals surface area contributed by atoms with E-state index in [0.717, 1.165) is 60.5 Å². The lowest BCUT2D eigenvalue weighted by Crippen LogP contribution is -2.39. The number of hydrogen-bond donors (Lipinski definition) is 3. The topological polar surface area (TPSA) is 89.1 Å². The molecular weight excluding hydrogens is 538 g/mol. The number of nitrogens with zero attached hydrogens (tertiary/aromatic N) is 3. The fourth-order valence-electron chi connectivity index (χ4n) is 7.22. The van der Waals surface area contributed by atoms with Crippen LogP contribution in [0.15, 0.2) is 48.5 Å². The molecule has 8 nitrogen and oxygen atoms in total. The zero-order chi connectivity index (χ0) is 28.5. The molecule has 1 amide bonds. The van der Waals surface area contributed by atoms with Crippen molar-refractivity contribution in [1.82, 2.24) is 14.0 Å². The first-order chi connectivity index (χ1) is 19.5. The number of aromatic nitrogens is 2. The van der Waals surface area contributed by atoms with E-state index >= 15 is 0 Å². The summed E-state index contributed by atoms with van der Waals surface area (Å²) in [6.07, 6.45) is 8.34. The molecule has 8 rings (SSSR count). The van der Waals surface area contributed by atoms with Gasteiger partial charge in [-0.2, -0.15) is 0 Å². The van der Waals surface area contributed by atoms with Gasteiger partial charge in [-0.1, -0.05) is 36.4 Å². The normalized spacial score (nSPS) is 24.7. The predicted octanol–water partition coefficient (Wildman–Crippen LogP) is 4.58. The molecule has 3 aliphatic heterocycles. The third-order valence-electron chi connectivity index (χ3n) is 9.20. The summed E-state index contributed by atoms with van der Waals surface area (Å²) >= 11 is 0. The van der Waals surface area contributed by atoms with Gasteiger partial charge in [0, 0.05) is 34.5 Å². The van der Waals surface area contributed by atoms with E-state index in [-0.39, 0.29) is 19.1 Å². The Morgan fingerprint density at radius 2 is 1.61 bits per heavy atom. The highest BCUT2D eigenvalue weighted by Crippen LogP contribution is 2.56. The molecule has 0 saturated carbocycles. The summed E-state index contributed by atoms with van der Waals surface area (Å²) in [6, 6.07) is 16.2. The molecule has 9 heteroatoms. The lowest BCUT2D eigenvalue weighted by molar-refractivity contribution is -0.113. The molecule has 0 aliphatic carbocycles. The molecule has 3 aliphatic rings. The molecule has 3 aromatic carbocycles. The summed E-state index contributed by atoms with van der Waals surface area (Å²) in [5.74, 6) is 0.995. The van der Waals surface area contributed by atoms with Crippen molar-refractivity contribution in [1.29, 1.82) is 0 Å². The summed E-state index contributed by atoms with van der Waals surface area (Å²) < 4.78 is 17.0. The molecule has 1 unspecified atom stereocenters. The molecule has 0 spiro atoms. The monoisotopic (exact) mass is 575 g/mol. The summed E-state index contributed by atoms with van der Waals surface area (Å²) in [4.78, 5) is 16.1. The highest BCUT2D eigenvalue weighted by atomic mass is 32.3. The number of benzene rings is 3. The molecule has 0 radical (unpaired) electrons. The summed E-state index contributed by atoms with van der Waals surface area (Å²) in [7, 11) is -1.71. The molecule has 2 N–H and O–H groups in total. The van der Waals surface area contributed by atoms with Crippen LogP contribution in [0.25, 0.3) is 43.6 Å². The number of para-hydroxylation sites is 2. The average Bonchev–Trinajstić information content (AvgIpc) is 3.61. The Kier molecular flexibility index (Phi) is 5.03. The maximum Gasteiger partial charge on any atom is 0.257 e. The number of rotatable bonds is 6. The van der Waals surface area contributed by atoms with E-state index in [2.05, 4.69) is 52.4 Å². The molecule has 5 aromatic rings. The number of carbonyl (C=O) groups excluding carboxylic acids is 1. The van der Waals surface area contributed by atoms with Gasteiger partial charge in [0.05, 0.1) is 40.8 Å². The minimum atomic E-state index is -1.71. The van der Waals surface area contributed by atoms with Crippen LogP contribution in [0.3, 0.4) is 0 Å². The first kappa shape index (κ1) is 25.6. The highest BCUT2D eigenvalue weighted by Gasteiger charge is 2.53. The Bertz CT molecular complexity index is 1940. The Labute approximate surface area is 238 Å². The van der Waals surface area contributed by atoms with Crippen LogP contribution in [0, 0.1) is 0 Å². The standard InChI is InChI=1S/C32H37N3O5S/c1-41(2,3,4)14-13-39-18-33-16-21-25-19-9-5-8-12-23(19)35-28(25)29-26(27(21)30(33)37)20-10-6-7-11-22(20)34(29)24-15-32(38,17-36)31(35)40-24/h5-12,24,31,36,38,41H,13-18H2,1-4H3/t24?,31-,32-/m0/s1. The smallest absolute Gasteiger partial charge is 0.257 e. The van der Waals surface area contributed by atoms with Gasteiger partial charge in [0.1, 0.15) is 18.6 Å². The maximum atomic E-state index is 14.3. The van der Waals surface area contributed by atoms with Crippen LogP contribution in [-0.4, -0.2) is 86.5 Å². The second kappa shape index (κ2) is 8.05. The van der Waals surface area contributed by atoms with E-state index in [9.17, 15) is 15.0 Å². The van der Waals surface area contributed by atoms with Crippen molar-refractivity contribution < 1.29 is 24.5 Å². The zero-order valence-electron chi connectivity index (χ0n) is 23.9. The highest BCUT2D eigenvalue weighted by molar-refractivity contribution is 8.47. The van der Waals surface area contributed by atoms with Crippen LogP contribution in [0.2, 0.25) is 0 Å². The van der Waals surface area contributed by atoms with E-state index in [1.165, 1.54) is 0 Å².